The molecule has 0 amide bonds. The van der Waals surface area contributed by atoms with Gasteiger partial charge in [-0.15, -0.1) is 0 Å². The van der Waals surface area contributed by atoms with Gasteiger partial charge in [0.2, 0.25) is 0 Å². The van der Waals surface area contributed by atoms with Crippen LogP contribution in [0.3, 0.4) is 0 Å². The second-order valence-corrected chi connectivity index (χ2v) is 5.89. The van der Waals surface area contributed by atoms with E-state index in [1.54, 1.807) is 43.0 Å². The van der Waals surface area contributed by atoms with E-state index in [1.165, 1.54) is 0 Å². The number of fused-ring (bicyclic) bond motifs is 1. The predicted molar refractivity (Wildman–Crippen MR) is 84.4 cm³/mol. The molecule has 1 saturated carbocycles. The van der Waals surface area contributed by atoms with E-state index in [1.807, 2.05) is 6.07 Å². The van der Waals surface area contributed by atoms with Crippen LogP contribution >= 0.6 is 0 Å². The van der Waals surface area contributed by atoms with Crippen LogP contribution in [0.1, 0.15) is 12.8 Å². The number of pyridine rings is 3. The molecule has 1 N–H and O–H groups in total. The summed E-state index contributed by atoms with van der Waals surface area (Å²) in [4.78, 5) is 12.5. The minimum atomic E-state index is -4.30. The van der Waals surface area contributed by atoms with Crippen LogP contribution in [0.5, 0.6) is 0 Å². The minimum absolute atomic E-state index is 0.0598. The Morgan fingerprint density at radius 1 is 1.00 bits per heavy atom. The highest BCUT2D eigenvalue weighted by Gasteiger charge is 2.63. The van der Waals surface area contributed by atoms with Gasteiger partial charge in [0.1, 0.15) is 11.4 Å². The number of nitrogens with zero attached hydrogens (tertiary/aromatic N) is 3. The van der Waals surface area contributed by atoms with Crippen LogP contribution < -0.4 is 5.32 Å². The van der Waals surface area contributed by atoms with Crippen LogP contribution in [0, 0.1) is 0 Å². The Morgan fingerprint density at radius 3 is 2.38 bits per heavy atom. The Bertz CT molecular complexity index is 889. The lowest BCUT2D eigenvalue weighted by Crippen LogP contribution is -2.39. The molecule has 7 heteroatoms. The lowest BCUT2D eigenvalue weighted by atomic mass is 10.1. The molecule has 0 radical (unpaired) electrons. The highest BCUT2D eigenvalue weighted by atomic mass is 19.4. The number of anilines is 1. The van der Waals surface area contributed by atoms with Crippen LogP contribution in [-0.2, 0) is 0 Å². The Balaban J connectivity index is 1.85. The average Bonchev–Trinajstić information content (AvgIpc) is 3.36. The molecule has 3 heterocycles. The van der Waals surface area contributed by atoms with Crippen molar-refractivity contribution in [3.63, 3.8) is 0 Å². The molecule has 1 aliphatic rings. The van der Waals surface area contributed by atoms with Gasteiger partial charge in [0, 0.05) is 41.1 Å². The summed E-state index contributed by atoms with van der Waals surface area (Å²) < 4.78 is 39.9. The lowest BCUT2D eigenvalue weighted by Gasteiger charge is -2.22. The third-order valence-corrected chi connectivity index (χ3v) is 4.26. The molecule has 1 aliphatic carbocycles. The van der Waals surface area contributed by atoms with E-state index >= 15 is 0 Å². The molecule has 4 rings (SSSR count). The summed E-state index contributed by atoms with van der Waals surface area (Å²) in [5, 5.41) is 4.00. The third-order valence-electron chi connectivity index (χ3n) is 4.26. The molecule has 0 bridgehead atoms. The Labute approximate surface area is 135 Å². The predicted octanol–water partition coefficient (Wildman–Crippen LogP) is 4.20. The monoisotopic (exact) mass is 330 g/mol. The van der Waals surface area contributed by atoms with Crippen molar-refractivity contribution in [3.8, 4) is 11.3 Å². The summed E-state index contributed by atoms with van der Waals surface area (Å²) in [5.41, 5.74) is -0.499. The maximum absolute atomic E-state index is 13.3. The summed E-state index contributed by atoms with van der Waals surface area (Å²) in [6.07, 6.45) is 2.23. The fraction of sp³-hybridized carbons (Fsp3) is 0.235. The molecular formula is C17H13F3N4. The van der Waals surface area contributed by atoms with Gasteiger partial charge >= 0.3 is 6.18 Å². The highest BCUT2D eigenvalue weighted by molar-refractivity contribution is 5.94. The maximum Gasteiger partial charge on any atom is 0.411 e. The standard InChI is InChI=1S/C17H13F3N4/c18-17(19,20)16(4-5-16)24-15-13-3-8-22-10-12(13)9-14(23-15)11-1-6-21-7-2-11/h1-3,6-10H,4-5H2,(H,23,24). The highest BCUT2D eigenvalue weighted by Crippen LogP contribution is 2.51. The number of aromatic nitrogens is 3. The number of halogens is 3. The molecule has 0 aromatic carbocycles. The van der Waals surface area contributed by atoms with Crippen molar-refractivity contribution in [3.05, 3.63) is 49.1 Å². The van der Waals surface area contributed by atoms with Crippen molar-refractivity contribution < 1.29 is 13.2 Å². The van der Waals surface area contributed by atoms with Gasteiger partial charge in [-0.1, -0.05) is 0 Å². The molecule has 0 aliphatic heterocycles. The van der Waals surface area contributed by atoms with Gasteiger partial charge in [-0.25, -0.2) is 4.98 Å². The van der Waals surface area contributed by atoms with Crippen molar-refractivity contribution in [2.75, 3.05) is 5.32 Å². The van der Waals surface area contributed by atoms with E-state index in [4.69, 9.17) is 0 Å². The summed E-state index contributed by atoms with van der Waals surface area (Å²) >= 11 is 0. The lowest BCUT2D eigenvalue weighted by molar-refractivity contribution is -0.151. The van der Waals surface area contributed by atoms with Crippen molar-refractivity contribution in [1.29, 1.82) is 0 Å². The Hall–Kier alpha value is -2.70. The molecule has 0 saturated heterocycles. The van der Waals surface area contributed by atoms with Crippen LogP contribution in [0.15, 0.2) is 49.1 Å². The summed E-state index contributed by atoms with van der Waals surface area (Å²) in [6.45, 7) is 0. The quantitative estimate of drug-likeness (QED) is 0.782. The average molecular weight is 330 g/mol. The number of alkyl halides is 3. The largest absolute Gasteiger partial charge is 0.411 e. The van der Waals surface area contributed by atoms with Crippen molar-refractivity contribution in [1.82, 2.24) is 15.0 Å². The number of hydrogen-bond acceptors (Lipinski definition) is 4. The molecular weight excluding hydrogens is 317 g/mol. The summed E-state index contributed by atoms with van der Waals surface area (Å²) in [6, 6.07) is 7.03. The molecule has 122 valence electrons. The first-order valence-corrected chi connectivity index (χ1v) is 7.49. The van der Waals surface area contributed by atoms with Gasteiger partial charge < -0.3 is 5.32 Å². The normalized spacial score (nSPS) is 16.1. The Kier molecular flexibility index (Phi) is 3.19. The fourth-order valence-electron chi connectivity index (χ4n) is 2.69. The third kappa shape index (κ3) is 2.46. The first-order chi connectivity index (χ1) is 11.5. The van der Waals surface area contributed by atoms with Gasteiger partial charge in [-0.2, -0.15) is 13.2 Å². The second kappa shape index (κ2) is 5.15. The van der Waals surface area contributed by atoms with Gasteiger partial charge in [0.15, 0.2) is 0 Å². The zero-order valence-corrected chi connectivity index (χ0v) is 12.5. The number of hydrogen-bond donors (Lipinski definition) is 1. The topological polar surface area (TPSA) is 50.7 Å². The van der Waals surface area contributed by atoms with Crippen LogP contribution in [0.4, 0.5) is 19.0 Å². The van der Waals surface area contributed by atoms with Crippen molar-refractivity contribution in [2.24, 2.45) is 0 Å². The second-order valence-electron chi connectivity index (χ2n) is 5.89. The fourth-order valence-corrected chi connectivity index (χ4v) is 2.69. The molecule has 0 atom stereocenters. The maximum atomic E-state index is 13.3. The van der Waals surface area contributed by atoms with Gasteiger partial charge in [-0.05, 0) is 37.1 Å². The van der Waals surface area contributed by atoms with E-state index in [-0.39, 0.29) is 18.7 Å². The first-order valence-electron chi connectivity index (χ1n) is 7.49. The molecule has 24 heavy (non-hydrogen) atoms. The van der Waals surface area contributed by atoms with E-state index in [0.29, 0.717) is 11.1 Å². The van der Waals surface area contributed by atoms with E-state index < -0.39 is 11.7 Å². The summed E-state index contributed by atoms with van der Waals surface area (Å²) in [5.74, 6) is 0.233. The summed E-state index contributed by atoms with van der Waals surface area (Å²) in [7, 11) is 0. The molecule has 1 fully saturated rings. The van der Waals surface area contributed by atoms with Gasteiger partial charge in [-0.3, -0.25) is 9.97 Å². The Morgan fingerprint density at radius 2 is 1.71 bits per heavy atom. The van der Waals surface area contributed by atoms with E-state index in [9.17, 15) is 13.2 Å². The van der Waals surface area contributed by atoms with Crippen molar-refractivity contribution >= 4 is 16.6 Å². The molecule has 3 aromatic rings. The zero-order valence-electron chi connectivity index (χ0n) is 12.5. The molecule has 4 nitrogen and oxygen atoms in total. The van der Waals surface area contributed by atoms with E-state index in [2.05, 4.69) is 20.3 Å². The SMILES string of the molecule is FC(F)(F)C1(Nc2nc(-c3ccncc3)cc3cnccc23)CC1. The molecule has 0 spiro atoms. The van der Waals surface area contributed by atoms with Crippen LogP contribution in [-0.4, -0.2) is 26.7 Å². The first kappa shape index (κ1) is 14.9. The number of rotatable bonds is 3. The smallest absolute Gasteiger partial charge is 0.356 e. The molecule has 0 unspecified atom stereocenters. The van der Waals surface area contributed by atoms with Gasteiger partial charge in [0.05, 0.1) is 5.69 Å². The minimum Gasteiger partial charge on any atom is -0.356 e. The van der Waals surface area contributed by atoms with E-state index in [0.717, 1.165) is 10.9 Å². The van der Waals surface area contributed by atoms with Crippen LogP contribution in [0.25, 0.3) is 22.0 Å². The van der Waals surface area contributed by atoms with Crippen molar-refractivity contribution in [2.45, 2.75) is 24.6 Å². The molecule has 3 aromatic heterocycles. The van der Waals surface area contributed by atoms with Gasteiger partial charge in [0.25, 0.3) is 0 Å². The zero-order chi connectivity index (χ0) is 16.8. The number of nitrogens with one attached hydrogen (secondary N) is 1. The van der Waals surface area contributed by atoms with Crippen LogP contribution in [0.2, 0.25) is 0 Å².